The van der Waals surface area contributed by atoms with Crippen molar-refractivity contribution in [1.29, 1.82) is 0 Å². The molecule has 2 fully saturated rings. The molecule has 7 N–H and O–H groups in total. The first-order chi connectivity index (χ1) is 16.3. The minimum absolute atomic E-state index is 0.165. The number of hydrogen-bond acceptors (Lipinski definition) is 11. The molecule has 0 saturated carbocycles. The van der Waals surface area contributed by atoms with Crippen LogP contribution in [0.25, 0.3) is 0 Å². The van der Waals surface area contributed by atoms with Gasteiger partial charge in [0.05, 0.1) is 38.1 Å². The fraction of sp³-hybridized carbons (Fsp3) is 1.00. The zero-order valence-electron chi connectivity index (χ0n) is 20.0. The largest absolute Gasteiger partial charge is 0.394 e. The van der Waals surface area contributed by atoms with Crippen molar-refractivity contribution >= 4 is 11.8 Å². The SMILES string of the molecule is CCCCCCCCCS[C@@H]1OC(CO)[C@H](COC2CC(O)C(O)[C@H](O)C(CO)O2)C(O)C1O. The van der Waals surface area contributed by atoms with Crippen molar-refractivity contribution in [3.05, 3.63) is 0 Å². The molecule has 2 aliphatic rings. The molecule has 0 aromatic rings. The van der Waals surface area contributed by atoms with Crippen LogP contribution in [0.1, 0.15) is 58.3 Å². The van der Waals surface area contributed by atoms with Gasteiger partial charge in [0.2, 0.25) is 0 Å². The van der Waals surface area contributed by atoms with Crippen molar-refractivity contribution in [2.24, 2.45) is 5.92 Å². The lowest BCUT2D eigenvalue weighted by Crippen LogP contribution is -2.56. The summed E-state index contributed by atoms with van der Waals surface area (Å²) in [5, 5.41) is 70.5. The summed E-state index contributed by atoms with van der Waals surface area (Å²) in [6, 6.07) is 0. The highest BCUT2D eigenvalue weighted by Crippen LogP contribution is 2.33. The molecule has 11 heteroatoms. The maximum absolute atomic E-state index is 10.7. The Morgan fingerprint density at radius 1 is 0.765 bits per heavy atom. The Labute approximate surface area is 206 Å². The van der Waals surface area contributed by atoms with Gasteiger partial charge in [-0.3, -0.25) is 0 Å². The number of aliphatic hydroxyl groups excluding tert-OH is 7. The zero-order chi connectivity index (χ0) is 25.1. The minimum Gasteiger partial charge on any atom is -0.394 e. The van der Waals surface area contributed by atoms with Crippen LogP contribution >= 0.6 is 11.8 Å². The number of aliphatic hydroxyl groups is 7. The smallest absolute Gasteiger partial charge is 0.160 e. The fourth-order valence-electron chi connectivity index (χ4n) is 4.36. The monoisotopic (exact) mass is 512 g/mol. The number of ether oxygens (including phenoxy) is 3. The first-order valence-corrected chi connectivity index (χ1v) is 13.5. The van der Waals surface area contributed by atoms with Gasteiger partial charge in [-0.1, -0.05) is 45.4 Å². The third-order valence-electron chi connectivity index (χ3n) is 6.60. The Bertz CT molecular complexity index is 542. The number of unbranched alkanes of at least 4 members (excludes halogenated alkanes) is 6. The molecule has 0 bridgehead atoms. The second kappa shape index (κ2) is 15.9. The average molecular weight is 513 g/mol. The van der Waals surface area contributed by atoms with Gasteiger partial charge in [0.15, 0.2) is 6.29 Å². The first-order valence-electron chi connectivity index (χ1n) is 12.5. The highest BCUT2D eigenvalue weighted by molar-refractivity contribution is 7.99. The van der Waals surface area contributed by atoms with Crippen molar-refractivity contribution < 1.29 is 50.0 Å². The summed E-state index contributed by atoms with van der Waals surface area (Å²) in [7, 11) is 0. The summed E-state index contributed by atoms with van der Waals surface area (Å²) in [4.78, 5) is 0. The highest BCUT2D eigenvalue weighted by Gasteiger charge is 2.45. The Morgan fingerprint density at radius 2 is 1.41 bits per heavy atom. The minimum atomic E-state index is -1.50. The van der Waals surface area contributed by atoms with Crippen molar-refractivity contribution in [2.45, 2.75) is 113 Å². The predicted molar refractivity (Wildman–Crippen MR) is 126 cm³/mol. The quantitative estimate of drug-likeness (QED) is 0.153. The van der Waals surface area contributed by atoms with Crippen LogP contribution in [-0.4, -0.2) is 116 Å². The molecule has 0 amide bonds. The lowest BCUT2D eigenvalue weighted by molar-refractivity contribution is -0.233. The van der Waals surface area contributed by atoms with E-state index in [1.807, 2.05) is 0 Å². The van der Waals surface area contributed by atoms with Gasteiger partial charge in [-0.2, -0.15) is 0 Å². The normalized spacial score (nSPS) is 39.2. The van der Waals surface area contributed by atoms with E-state index >= 15 is 0 Å². The summed E-state index contributed by atoms with van der Waals surface area (Å²) in [6.45, 7) is 1.06. The van der Waals surface area contributed by atoms with Crippen molar-refractivity contribution in [1.82, 2.24) is 0 Å². The summed E-state index contributed by atoms with van der Waals surface area (Å²) >= 11 is 1.43. The van der Waals surface area contributed by atoms with Crippen LogP contribution in [-0.2, 0) is 14.2 Å². The maximum Gasteiger partial charge on any atom is 0.160 e. The third kappa shape index (κ3) is 8.81. The van der Waals surface area contributed by atoms with E-state index in [2.05, 4.69) is 6.92 Å². The van der Waals surface area contributed by atoms with E-state index in [9.17, 15) is 35.7 Å². The Balaban J connectivity index is 1.82. The van der Waals surface area contributed by atoms with E-state index in [4.69, 9.17) is 14.2 Å². The summed E-state index contributed by atoms with van der Waals surface area (Å²) < 4.78 is 17.0. The molecule has 202 valence electrons. The molecule has 34 heavy (non-hydrogen) atoms. The van der Waals surface area contributed by atoms with Gasteiger partial charge in [0.1, 0.15) is 29.9 Å². The van der Waals surface area contributed by atoms with E-state index in [0.717, 1.165) is 18.6 Å². The zero-order valence-corrected chi connectivity index (χ0v) is 20.8. The van der Waals surface area contributed by atoms with Crippen LogP contribution in [0, 0.1) is 5.92 Å². The molecule has 2 heterocycles. The van der Waals surface area contributed by atoms with Crippen LogP contribution < -0.4 is 0 Å². The summed E-state index contributed by atoms with van der Waals surface area (Å²) in [6.07, 6.45) is -1.63. The van der Waals surface area contributed by atoms with Gasteiger partial charge < -0.3 is 50.0 Å². The van der Waals surface area contributed by atoms with E-state index < -0.39 is 67.0 Å². The van der Waals surface area contributed by atoms with Crippen LogP contribution in [0.15, 0.2) is 0 Å². The van der Waals surface area contributed by atoms with Crippen LogP contribution in [0.5, 0.6) is 0 Å². The molecule has 2 rings (SSSR count). The topological polar surface area (TPSA) is 169 Å². The number of thioether (sulfide) groups is 1. The van der Waals surface area contributed by atoms with E-state index in [1.165, 1.54) is 43.9 Å². The Hall–Kier alpha value is -0.0500. The van der Waals surface area contributed by atoms with Gasteiger partial charge in [-0.25, -0.2) is 0 Å². The Morgan fingerprint density at radius 3 is 2.06 bits per heavy atom. The third-order valence-corrected chi connectivity index (χ3v) is 7.85. The second-order valence-electron chi connectivity index (χ2n) is 9.27. The van der Waals surface area contributed by atoms with Crippen molar-refractivity contribution in [2.75, 3.05) is 25.6 Å². The molecule has 2 saturated heterocycles. The molecule has 0 aliphatic carbocycles. The molecule has 0 radical (unpaired) electrons. The van der Waals surface area contributed by atoms with Gasteiger partial charge in [0.25, 0.3) is 0 Å². The average Bonchev–Trinajstić information content (AvgIpc) is 2.93. The van der Waals surface area contributed by atoms with Gasteiger partial charge >= 0.3 is 0 Å². The maximum atomic E-state index is 10.7. The lowest BCUT2D eigenvalue weighted by Gasteiger charge is -2.42. The Kier molecular flexibility index (Phi) is 14.1. The van der Waals surface area contributed by atoms with E-state index in [1.54, 1.807) is 0 Å². The molecule has 7 unspecified atom stereocenters. The molecular formula is C23H44O10S. The van der Waals surface area contributed by atoms with Crippen LogP contribution in [0.4, 0.5) is 0 Å². The number of rotatable bonds is 14. The van der Waals surface area contributed by atoms with Gasteiger partial charge in [0, 0.05) is 12.3 Å². The lowest BCUT2D eigenvalue weighted by atomic mass is 9.90. The summed E-state index contributed by atoms with van der Waals surface area (Å²) in [5.74, 6) is 0.0181. The van der Waals surface area contributed by atoms with Gasteiger partial charge in [-0.15, -0.1) is 11.8 Å². The van der Waals surface area contributed by atoms with Crippen LogP contribution in [0.2, 0.25) is 0 Å². The molecule has 10 atom stereocenters. The molecule has 2 aliphatic heterocycles. The second-order valence-corrected chi connectivity index (χ2v) is 10.5. The molecular weight excluding hydrogens is 468 g/mol. The van der Waals surface area contributed by atoms with E-state index in [-0.39, 0.29) is 19.6 Å². The van der Waals surface area contributed by atoms with E-state index in [0.29, 0.717) is 0 Å². The molecule has 0 aromatic heterocycles. The highest BCUT2D eigenvalue weighted by atomic mass is 32.2. The first kappa shape index (κ1) is 30.2. The molecule has 0 spiro atoms. The number of hydrogen-bond donors (Lipinski definition) is 7. The molecule has 10 nitrogen and oxygen atoms in total. The van der Waals surface area contributed by atoms with Crippen LogP contribution in [0.3, 0.4) is 0 Å². The fourth-order valence-corrected chi connectivity index (χ4v) is 5.54. The predicted octanol–water partition coefficient (Wildman–Crippen LogP) is -0.268. The molecule has 0 aromatic carbocycles. The summed E-state index contributed by atoms with van der Waals surface area (Å²) in [5.41, 5.74) is -0.663. The van der Waals surface area contributed by atoms with Crippen molar-refractivity contribution in [3.8, 4) is 0 Å². The standard InChI is InChI=1S/C23H44O10S/c1-2-3-4-5-6-7-8-9-34-23-22(30)19(27)14(16(11-24)33-23)13-31-18-10-15(26)20(28)21(29)17(12-25)32-18/h14-30H,2-13H2,1H3/t14-,15?,16?,17?,18?,19?,20?,21+,22?,23-/m0/s1. The van der Waals surface area contributed by atoms with Crippen molar-refractivity contribution in [3.63, 3.8) is 0 Å². The van der Waals surface area contributed by atoms with Gasteiger partial charge in [-0.05, 0) is 12.2 Å².